The highest BCUT2D eigenvalue weighted by molar-refractivity contribution is 9.10. The fourth-order valence-corrected chi connectivity index (χ4v) is 5.04. The lowest BCUT2D eigenvalue weighted by atomic mass is 10.1. The Balaban J connectivity index is 3.31. The lowest BCUT2D eigenvalue weighted by Gasteiger charge is -2.25. The van der Waals surface area contributed by atoms with Crippen LogP contribution < -0.4 is 5.73 Å². The first kappa shape index (κ1) is 18.0. The molecule has 0 radical (unpaired) electrons. The van der Waals surface area contributed by atoms with Crippen LogP contribution in [0.3, 0.4) is 0 Å². The molecule has 0 spiro atoms. The quantitative estimate of drug-likeness (QED) is 0.823. The summed E-state index contributed by atoms with van der Waals surface area (Å²) in [5, 5.41) is 0. The van der Waals surface area contributed by atoms with E-state index in [9.17, 15) is 8.42 Å². The van der Waals surface area contributed by atoms with Gasteiger partial charge in [-0.15, -0.1) is 0 Å². The van der Waals surface area contributed by atoms with Crippen molar-refractivity contribution in [1.82, 2.24) is 4.31 Å². The molecular formula is C13H21BrN2O2S2. The number of benzene rings is 1. The number of hydrogen-bond donors (Lipinski definition) is 1. The van der Waals surface area contributed by atoms with E-state index in [2.05, 4.69) is 15.9 Å². The Morgan fingerprint density at radius 3 is 2.55 bits per heavy atom. The van der Waals surface area contributed by atoms with Gasteiger partial charge in [-0.1, -0.05) is 6.07 Å². The van der Waals surface area contributed by atoms with Crippen molar-refractivity contribution in [2.24, 2.45) is 5.73 Å². The number of rotatable bonds is 6. The Labute approximate surface area is 134 Å². The molecule has 1 atom stereocenters. The molecule has 2 N–H and O–H groups in total. The summed E-state index contributed by atoms with van der Waals surface area (Å²) in [5.74, 6) is 0.753. The Morgan fingerprint density at radius 1 is 1.45 bits per heavy atom. The maximum absolute atomic E-state index is 12.7. The van der Waals surface area contributed by atoms with Gasteiger partial charge < -0.3 is 5.73 Å². The second-order valence-electron chi connectivity index (χ2n) is 4.75. The van der Waals surface area contributed by atoms with Crippen LogP contribution in [0.4, 0.5) is 0 Å². The van der Waals surface area contributed by atoms with Crippen molar-refractivity contribution in [3.8, 4) is 0 Å². The summed E-state index contributed by atoms with van der Waals surface area (Å²) in [4.78, 5) is 0.286. The smallest absolute Gasteiger partial charge is 0.244 e. The number of hydrogen-bond acceptors (Lipinski definition) is 4. The van der Waals surface area contributed by atoms with Crippen molar-refractivity contribution in [2.45, 2.75) is 31.3 Å². The van der Waals surface area contributed by atoms with E-state index in [0.29, 0.717) is 11.0 Å². The minimum absolute atomic E-state index is 0.0660. The monoisotopic (exact) mass is 380 g/mol. The van der Waals surface area contributed by atoms with Gasteiger partial charge in [0.15, 0.2) is 0 Å². The summed E-state index contributed by atoms with van der Waals surface area (Å²) in [7, 11) is -1.91. The van der Waals surface area contributed by atoms with Gasteiger partial charge in [0.2, 0.25) is 10.0 Å². The highest BCUT2D eigenvalue weighted by Crippen LogP contribution is 2.30. The van der Waals surface area contributed by atoms with E-state index in [1.807, 2.05) is 26.2 Å². The first-order chi connectivity index (χ1) is 9.25. The first-order valence-corrected chi connectivity index (χ1v) is 9.84. The van der Waals surface area contributed by atoms with Crippen molar-refractivity contribution in [3.63, 3.8) is 0 Å². The number of thioether (sulfide) groups is 1. The van der Waals surface area contributed by atoms with Crippen LogP contribution >= 0.6 is 27.7 Å². The van der Waals surface area contributed by atoms with Gasteiger partial charge in [0.25, 0.3) is 0 Å². The number of nitrogens with zero attached hydrogens (tertiary/aromatic N) is 1. The van der Waals surface area contributed by atoms with Crippen LogP contribution in [-0.2, 0) is 16.6 Å². The first-order valence-electron chi connectivity index (χ1n) is 6.21. The molecule has 20 heavy (non-hydrogen) atoms. The summed E-state index contributed by atoms with van der Waals surface area (Å²) in [6, 6.07) is 3.48. The van der Waals surface area contributed by atoms with Crippen LogP contribution in [0.1, 0.15) is 18.1 Å². The average molecular weight is 381 g/mol. The summed E-state index contributed by atoms with van der Waals surface area (Å²) in [6.07, 6.45) is 1.96. The van der Waals surface area contributed by atoms with E-state index >= 15 is 0 Å². The molecule has 0 aliphatic carbocycles. The van der Waals surface area contributed by atoms with Crippen molar-refractivity contribution in [3.05, 3.63) is 27.7 Å². The Morgan fingerprint density at radius 2 is 2.05 bits per heavy atom. The van der Waals surface area contributed by atoms with Crippen LogP contribution in [0.5, 0.6) is 0 Å². The molecule has 1 unspecified atom stereocenters. The fraction of sp³-hybridized carbons (Fsp3) is 0.538. The van der Waals surface area contributed by atoms with E-state index in [1.54, 1.807) is 24.9 Å². The highest BCUT2D eigenvalue weighted by atomic mass is 79.9. The molecule has 114 valence electrons. The zero-order chi connectivity index (χ0) is 15.5. The zero-order valence-electron chi connectivity index (χ0n) is 12.2. The molecule has 0 saturated carbocycles. The molecule has 4 nitrogen and oxygen atoms in total. The van der Waals surface area contributed by atoms with Gasteiger partial charge in [-0.25, -0.2) is 8.42 Å². The molecule has 0 aromatic heterocycles. The topological polar surface area (TPSA) is 63.4 Å². The van der Waals surface area contributed by atoms with Crippen molar-refractivity contribution >= 4 is 37.7 Å². The largest absolute Gasteiger partial charge is 0.326 e. The number of halogens is 1. The molecule has 0 bridgehead atoms. The van der Waals surface area contributed by atoms with Gasteiger partial charge >= 0.3 is 0 Å². The van der Waals surface area contributed by atoms with Crippen LogP contribution in [0.2, 0.25) is 0 Å². The summed E-state index contributed by atoms with van der Waals surface area (Å²) in [5.41, 5.74) is 7.33. The van der Waals surface area contributed by atoms with Crippen molar-refractivity contribution in [1.29, 1.82) is 0 Å². The van der Waals surface area contributed by atoms with E-state index in [4.69, 9.17) is 5.73 Å². The molecule has 0 heterocycles. The number of sulfonamides is 1. The minimum Gasteiger partial charge on any atom is -0.326 e. The Bertz CT molecular complexity index is 576. The average Bonchev–Trinajstić information content (AvgIpc) is 2.40. The number of aryl methyl sites for hydroxylation is 1. The molecule has 7 heteroatoms. The minimum atomic E-state index is -3.53. The molecule has 1 aromatic carbocycles. The second kappa shape index (κ2) is 7.26. The lowest BCUT2D eigenvalue weighted by Crippen LogP contribution is -2.36. The van der Waals surface area contributed by atoms with Crippen LogP contribution in [0, 0.1) is 6.92 Å². The second-order valence-corrected chi connectivity index (χ2v) is 8.42. The SMILES string of the molecule is CSCC(C)N(C)S(=O)(=O)c1cc(CN)cc(C)c1Br. The third-order valence-corrected chi connectivity index (χ3v) is 7.33. The molecule has 1 rings (SSSR count). The maximum atomic E-state index is 12.7. The maximum Gasteiger partial charge on any atom is 0.244 e. The molecule has 0 saturated heterocycles. The van der Waals surface area contributed by atoms with Gasteiger partial charge in [0.1, 0.15) is 0 Å². The predicted octanol–water partition coefficient (Wildman–Crippen LogP) is 2.59. The Kier molecular flexibility index (Phi) is 6.53. The fourth-order valence-electron chi connectivity index (χ4n) is 1.85. The molecular weight excluding hydrogens is 360 g/mol. The Hall–Kier alpha value is -0.0800. The zero-order valence-corrected chi connectivity index (χ0v) is 15.4. The normalized spacial score (nSPS) is 13.8. The summed E-state index contributed by atoms with van der Waals surface area (Å²) in [6.45, 7) is 4.09. The lowest BCUT2D eigenvalue weighted by molar-refractivity contribution is 0.414. The molecule has 0 fully saturated rings. The predicted molar refractivity (Wildman–Crippen MR) is 89.6 cm³/mol. The van der Waals surface area contributed by atoms with Gasteiger partial charge in [-0.05, 0) is 53.2 Å². The van der Waals surface area contributed by atoms with Crippen LogP contribution in [-0.4, -0.2) is 37.8 Å². The molecule has 0 aliphatic rings. The highest BCUT2D eigenvalue weighted by Gasteiger charge is 2.28. The summed E-state index contributed by atoms with van der Waals surface area (Å²) >= 11 is 5.01. The third-order valence-electron chi connectivity index (χ3n) is 3.20. The van der Waals surface area contributed by atoms with Gasteiger partial charge in [-0.2, -0.15) is 16.1 Å². The summed E-state index contributed by atoms with van der Waals surface area (Å²) < 4.78 is 27.5. The van der Waals surface area contributed by atoms with Crippen LogP contribution in [0.25, 0.3) is 0 Å². The van der Waals surface area contributed by atoms with Gasteiger partial charge in [-0.3, -0.25) is 0 Å². The van der Waals surface area contributed by atoms with E-state index in [1.165, 1.54) is 4.31 Å². The molecule has 0 amide bonds. The van der Waals surface area contributed by atoms with Crippen LogP contribution in [0.15, 0.2) is 21.5 Å². The number of nitrogens with two attached hydrogens (primary N) is 1. The molecule has 1 aromatic rings. The standard InChI is InChI=1S/C13H21BrN2O2S2/c1-9-5-11(7-15)6-12(13(9)14)20(17,18)16(3)10(2)8-19-4/h5-6,10H,7-8,15H2,1-4H3. The van der Waals surface area contributed by atoms with Crippen molar-refractivity contribution < 1.29 is 8.42 Å². The third kappa shape index (κ3) is 3.76. The van der Waals surface area contributed by atoms with E-state index in [-0.39, 0.29) is 10.9 Å². The van der Waals surface area contributed by atoms with E-state index < -0.39 is 10.0 Å². The van der Waals surface area contributed by atoms with Gasteiger partial charge in [0.05, 0.1) is 4.90 Å². The van der Waals surface area contributed by atoms with Gasteiger partial charge in [0, 0.05) is 29.9 Å². The van der Waals surface area contributed by atoms with E-state index in [0.717, 1.165) is 16.9 Å². The molecule has 0 aliphatic heterocycles. The van der Waals surface area contributed by atoms with Crippen molar-refractivity contribution in [2.75, 3.05) is 19.1 Å².